The minimum absolute atomic E-state index is 0.179. The molecule has 0 radical (unpaired) electrons. The van der Waals surface area contributed by atoms with E-state index >= 15 is 0 Å². The summed E-state index contributed by atoms with van der Waals surface area (Å²) in [7, 11) is 3.04. The summed E-state index contributed by atoms with van der Waals surface area (Å²) in [5.74, 6) is 0.510. The van der Waals surface area contributed by atoms with Gasteiger partial charge in [-0.25, -0.2) is 4.39 Å². The van der Waals surface area contributed by atoms with E-state index < -0.39 is 5.82 Å². The first-order valence-electron chi connectivity index (χ1n) is 6.26. The van der Waals surface area contributed by atoms with Crippen LogP contribution < -0.4 is 9.47 Å². The van der Waals surface area contributed by atoms with E-state index in [1.54, 1.807) is 13.2 Å². The van der Waals surface area contributed by atoms with Gasteiger partial charge < -0.3 is 14.5 Å². The second-order valence-corrected chi connectivity index (χ2v) is 4.85. The molecular formula is C15H13FN2O2S. The largest absolute Gasteiger partial charge is 0.497 e. The van der Waals surface area contributed by atoms with Gasteiger partial charge in [0.15, 0.2) is 16.3 Å². The highest BCUT2D eigenvalue weighted by Crippen LogP contribution is 2.27. The number of H-pyrrole nitrogens is 1. The van der Waals surface area contributed by atoms with E-state index in [9.17, 15) is 4.39 Å². The molecule has 0 spiro atoms. The molecular weight excluding hydrogens is 291 g/mol. The number of ether oxygens (including phenoxy) is 2. The maximum atomic E-state index is 13.8. The molecule has 0 aliphatic carbocycles. The highest BCUT2D eigenvalue weighted by Gasteiger charge is 2.11. The molecule has 21 heavy (non-hydrogen) atoms. The Labute approximate surface area is 125 Å². The maximum absolute atomic E-state index is 13.8. The molecule has 0 fully saturated rings. The Bertz CT molecular complexity index is 852. The lowest BCUT2D eigenvalue weighted by Crippen LogP contribution is -1.95. The van der Waals surface area contributed by atoms with Crippen molar-refractivity contribution in [2.24, 2.45) is 0 Å². The summed E-state index contributed by atoms with van der Waals surface area (Å²) in [6.45, 7) is 0. The molecule has 3 aromatic rings. The Morgan fingerprint density at radius 3 is 2.43 bits per heavy atom. The predicted molar refractivity (Wildman–Crippen MR) is 81.5 cm³/mol. The summed E-state index contributed by atoms with van der Waals surface area (Å²) >= 11 is 5.33. The Kier molecular flexibility index (Phi) is 3.39. The van der Waals surface area contributed by atoms with Gasteiger partial charge in [-0.1, -0.05) is 0 Å². The fraction of sp³-hybridized carbons (Fsp3) is 0.133. The lowest BCUT2D eigenvalue weighted by Gasteiger charge is -2.07. The Morgan fingerprint density at radius 2 is 1.81 bits per heavy atom. The van der Waals surface area contributed by atoms with Gasteiger partial charge >= 0.3 is 0 Å². The SMILES string of the molecule is COc1ccc(-n2c(=S)[nH]c3cc(F)c(OC)cc32)cc1. The molecule has 1 aromatic heterocycles. The number of aromatic amines is 1. The Morgan fingerprint density at radius 1 is 1.10 bits per heavy atom. The van der Waals surface area contributed by atoms with Crippen molar-refractivity contribution >= 4 is 23.3 Å². The fourth-order valence-corrected chi connectivity index (χ4v) is 2.57. The highest BCUT2D eigenvalue weighted by molar-refractivity contribution is 7.71. The van der Waals surface area contributed by atoms with E-state index in [1.165, 1.54) is 13.2 Å². The molecule has 0 saturated carbocycles. The molecule has 0 bridgehead atoms. The first kappa shape index (κ1) is 13.6. The van der Waals surface area contributed by atoms with Gasteiger partial charge in [-0.2, -0.15) is 0 Å². The van der Waals surface area contributed by atoms with Crippen molar-refractivity contribution in [3.63, 3.8) is 0 Å². The number of nitrogens with zero attached hydrogens (tertiary/aromatic N) is 1. The number of aromatic nitrogens is 2. The van der Waals surface area contributed by atoms with E-state index in [0.717, 1.165) is 17.0 Å². The summed E-state index contributed by atoms with van der Waals surface area (Å²) in [6, 6.07) is 10.5. The standard InChI is InChI=1S/C15H13FN2O2S/c1-19-10-5-3-9(4-6-10)18-13-8-14(20-2)11(16)7-12(13)17-15(18)21/h3-8H,1-2H3,(H,17,21). The van der Waals surface area contributed by atoms with Crippen LogP contribution in [-0.4, -0.2) is 23.8 Å². The Hall–Kier alpha value is -2.34. The number of fused-ring (bicyclic) bond motifs is 1. The molecule has 1 N–H and O–H groups in total. The van der Waals surface area contributed by atoms with Crippen molar-refractivity contribution < 1.29 is 13.9 Å². The number of benzene rings is 2. The molecule has 0 atom stereocenters. The zero-order valence-corrected chi connectivity index (χ0v) is 12.3. The van der Waals surface area contributed by atoms with Gasteiger partial charge in [-0.3, -0.25) is 4.57 Å². The van der Waals surface area contributed by atoms with Crippen molar-refractivity contribution in [1.29, 1.82) is 0 Å². The van der Waals surface area contributed by atoms with E-state index in [2.05, 4.69) is 4.98 Å². The molecule has 0 unspecified atom stereocenters. The van der Waals surface area contributed by atoms with Crippen LogP contribution in [0.15, 0.2) is 36.4 Å². The first-order chi connectivity index (χ1) is 10.1. The number of hydrogen-bond acceptors (Lipinski definition) is 3. The van der Waals surface area contributed by atoms with Gasteiger partial charge in [0.05, 0.1) is 25.3 Å². The summed E-state index contributed by atoms with van der Waals surface area (Å²) < 4.78 is 26.2. The van der Waals surface area contributed by atoms with Crippen LogP contribution >= 0.6 is 12.2 Å². The summed E-state index contributed by atoms with van der Waals surface area (Å²) in [5.41, 5.74) is 2.23. The zero-order valence-electron chi connectivity index (χ0n) is 11.5. The topological polar surface area (TPSA) is 39.2 Å². The highest BCUT2D eigenvalue weighted by atomic mass is 32.1. The lowest BCUT2D eigenvalue weighted by molar-refractivity contribution is 0.387. The predicted octanol–water partition coefficient (Wildman–Crippen LogP) is 3.84. The third kappa shape index (κ3) is 2.27. The number of nitrogens with one attached hydrogen (secondary N) is 1. The van der Waals surface area contributed by atoms with E-state index in [-0.39, 0.29) is 5.75 Å². The number of imidazole rings is 1. The molecule has 0 amide bonds. The molecule has 108 valence electrons. The normalized spacial score (nSPS) is 10.8. The van der Waals surface area contributed by atoms with Gasteiger partial charge in [0.2, 0.25) is 0 Å². The van der Waals surface area contributed by atoms with Crippen LogP contribution in [0.25, 0.3) is 16.7 Å². The van der Waals surface area contributed by atoms with Crippen LogP contribution in [-0.2, 0) is 0 Å². The molecule has 6 heteroatoms. The van der Waals surface area contributed by atoms with Crippen molar-refractivity contribution in [2.75, 3.05) is 14.2 Å². The molecule has 1 heterocycles. The monoisotopic (exact) mass is 304 g/mol. The summed E-state index contributed by atoms with van der Waals surface area (Å²) in [5, 5.41) is 0. The van der Waals surface area contributed by atoms with Crippen molar-refractivity contribution in [3.8, 4) is 17.2 Å². The minimum Gasteiger partial charge on any atom is -0.497 e. The zero-order chi connectivity index (χ0) is 15.0. The number of halogens is 1. The van der Waals surface area contributed by atoms with Gasteiger partial charge in [-0.05, 0) is 36.5 Å². The average molecular weight is 304 g/mol. The molecule has 0 aliphatic rings. The fourth-order valence-electron chi connectivity index (χ4n) is 2.25. The number of methoxy groups -OCH3 is 2. The van der Waals surface area contributed by atoms with Gasteiger partial charge in [0, 0.05) is 17.8 Å². The van der Waals surface area contributed by atoms with Crippen LogP contribution in [0.2, 0.25) is 0 Å². The molecule has 0 saturated heterocycles. The summed E-state index contributed by atoms with van der Waals surface area (Å²) in [6.07, 6.45) is 0. The lowest BCUT2D eigenvalue weighted by atomic mass is 10.2. The minimum atomic E-state index is -0.428. The molecule has 2 aromatic carbocycles. The number of rotatable bonds is 3. The Balaban J connectivity index is 2.25. The van der Waals surface area contributed by atoms with Gasteiger partial charge in [0.25, 0.3) is 0 Å². The quantitative estimate of drug-likeness (QED) is 0.747. The second-order valence-electron chi connectivity index (χ2n) is 4.47. The third-order valence-corrected chi connectivity index (χ3v) is 3.57. The molecule has 3 rings (SSSR count). The van der Waals surface area contributed by atoms with Gasteiger partial charge in [0.1, 0.15) is 5.75 Å². The van der Waals surface area contributed by atoms with Crippen molar-refractivity contribution in [1.82, 2.24) is 9.55 Å². The van der Waals surface area contributed by atoms with Crippen LogP contribution in [0.4, 0.5) is 4.39 Å². The van der Waals surface area contributed by atoms with E-state index in [4.69, 9.17) is 21.7 Å². The van der Waals surface area contributed by atoms with Crippen molar-refractivity contribution in [2.45, 2.75) is 0 Å². The summed E-state index contributed by atoms with van der Waals surface area (Å²) in [4.78, 5) is 3.00. The first-order valence-corrected chi connectivity index (χ1v) is 6.67. The van der Waals surface area contributed by atoms with Crippen molar-refractivity contribution in [3.05, 3.63) is 47.0 Å². The molecule has 0 aliphatic heterocycles. The van der Waals surface area contributed by atoms with Crippen LogP contribution in [0, 0.1) is 10.6 Å². The van der Waals surface area contributed by atoms with Crippen LogP contribution in [0.5, 0.6) is 11.5 Å². The second kappa shape index (κ2) is 5.21. The van der Waals surface area contributed by atoms with E-state index in [0.29, 0.717) is 10.3 Å². The number of hydrogen-bond donors (Lipinski definition) is 1. The van der Waals surface area contributed by atoms with Gasteiger partial charge in [-0.15, -0.1) is 0 Å². The molecule has 4 nitrogen and oxygen atoms in total. The maximum Gasteiger partial charge on any atom is 0.182 e. The van der Waals surface area contributed by atoms with Crippen LogP contribution in [0.1, 0.15) is 0 Å². The third-order valence-electron chi connectivity index (χ3n) is 3.29. The van der Waals surface area contributed by atoms with E-state index in [1.807, 2.05) is 28.8 Å². The average Bonchev–Trinajstić information content (AvgIpc) is 2.81. The smallest absolute Gasteiger partial charge is 0.182 e. The van der Waals surface area contributed by atoms with Crippen LogP contribution in [0.3, 0.4) is 0 Å².